The molecule has 6 nitrogen and oxygen atoms in total. The number of amides is 1. The molecule has 1 aliphatic heterocycles. The van der Waals surface area contributed by atoms with Gasteiger partial charge in [-0.05, 0) is 19.9 Å². The van der Waals surface area contributed by atoms with Crippen LogP contribution < -0.4 is 10.4 Å². The van der Waals surface area contributed by atoms with E-state index < -0.39 is 4.65 Å². The molecule has 0 saturated carbocycles. The molecule has 2 rings (SSSR count). The maximum Gasteiger partial charge on any atom is 0.268 e. The molecular weight excluding hydrogens is 220 g/mol. The van der Waals surface area contributed by atoms with Crippen LogP contribution in [0.4, 0.5) is 11.5 Å². The molecule has 1 aromatic rings. The summed E-state index contributed by atoms with van der Waals surface area (Å²) in [5.41, 5.74) is 6.37. The monoisotopic (exact) mass is 236 g/mol. The average Bonchev–Trinajstić information content (AvgIpc) is 2.33. The molecule has 92 valence electrons. The summed E-state index contributed by atoms with van der Waals surface area (Å²) in [4.78, 5) is 17.7. The number of aromatic nitrogens is 1. The van der Waals surface area contributed by atoms with Crippen molar-refractivity contribution in [3.05, 3.63) is 23.0 Å². The number of carbonyl (C=O) groups excluding carboxylic acids is 1. The van der Waals surface area contributed by atoms with Gasteiger partial charge in [0.05, 0.1) is 12.2 Å². The lowest BCUT2D eigenvalue weighted by Gasteiger charge is -2.46. The van der Waals surface area contributed by atoms with E-state index in [1.807, 2.05) is 6.92 Å². The maximum atomic E-state index is 12.6. The zero-order valence-electron chi connectivity index (χ0n) is 10.0. The van der Waals surface area contributed by atoms with Gasteiger partial charge in [-0.25, -0.2) is 4.98 Å². The zero-order valence-corrected chi connectivity index (χ0v) is 10.0. The minimum Gasteiger partial charge on any atom is -0.625 e. The molecule has 0 bridgehead atoms. The minimum atomic E-state index is -0.625. The number of carbonyl (C=O) groups is 1. The number of hydrogen-bond donors (Lipinski definition) is 1. The van der Waals surface area contributed by atoms with Crippen LogP contribution in [0, 0.1) is 5.21 Å². The lowest BCUT2D eigenvalue weighted by molar-refractivity contribution is 0.0646. The topological polar surface area (TPSA) is 82.3 Å². The standard InChI is InChI=1S/C11H16N4O2/c1-3-14-7-15(17,4-2)10-9(11(14)16)8(12)5-6-13-10/h5-6H,3-4,7H2,1-2H3,(H2,12,13). The van der Waals surface area contributed by atoms with Crippen LogP contribution in [0.1, 0.15) is 24.2 Å². The van der Waals surface area contributed by atoms with Crippen molar-refractivity contribution in [2.24, 2.45) is 0 Å². The number of rotatable bonds is 2. The van der Waals surface area contributed by atoms with Gasteiger partial charge in [-0.1, -0.05) is 0 Å². The first kappa shape index (κ1) is 11.8. The molecule has 1 aromatic heterocycles. The normalized spacial score (nSPS) is 23.7. The van der Waals surface area contributed by atoms with Gasteiger partial charge < -0.3 is 10.9 Å². The van der Waals surface area contributed by atoms with Crippen LogP contribution in [0.2, 0.25) is 0 Å². The van der Waals surface area contributed by atoms with Crippen molar-refractivity contribution in [2.45, 2.75) is 13.8 Å². The van der Waals surface area contributed by atoms with E-state index in [0.29, 0.717) is 18.8 Å². The minimum absolute atomic E-state index is 0.106. The van der Waals surface area contributed by atoms with E-state index in [1.54, 1.807) is 13.0 Å². The lowest BCUT2D eigenvalue weighted by atomic mass is 10.1. The molecule has 2 heterocycles. The maximum absolute atomic E-state index is 12.6. The van der Waals surface area contributed by atoms with Gasteiger partial charge >= 0.3 is 0 Å². The number of hydroxylamine groups is 2. The third-order valence-corrected chi connectivity index (χ3v) is 3.14. The molecule has 0 aromatic carbocycles. The number of nitrogens with zero attached hydrogens (tertiary/aromatic N) is 3. The van der Waals surface area contributed by atoms with Gasteiger partial charge in [-0.3, -0.25) is 14.3 Å². The van der Waals surface area contributed by atoms with E-state index in [2.05, 4.69) is 4.98 Å². The number of quaternary nitrogens is 1. The highest BCUT2D eigenvalue weighted by molar-refractivity contribution is 6.04. The summed E-state index contributed by atoms with van der Waals surface area (Å²) >= 11 is 0. The molecule has 0 spiro atoms. The van der Waals surface area contributed by atoms with Gasteiger partial charge in [0.15, 0.2) is 6.67 Å². The highest BCUT2D eigenvalue weighted by Crippen LogP contribution is 2.33. The third kappa shape index (κ3) is 1.65. The fourth-order valence-corrected chi connectivity index (χ4v) is 2.05. The molecule has 6 heteroatoms. The summed E-state index contributed by atoms with van der Waals surface area (Å²) in [5.74, 6) is 0.0355. The third-order valence-electron chi connectivity index (χ3n) is 3.14. The van der Waals surface area contributed by atoms with E-state index in [1.165, 1.54) is 11.1 Å². The molecule has 1 unspecified atom stereocenters. The number of hydrogen-bond acceptors (Lipinski definition) is 4. The Kier molecular flexibility index (Phi) is 2.76. The van der Waals surface area contributed by atoms with Crippen molar-refractivity contribution in [1.82, 2.24) is 14.5 Å². The van der Waals surface area contributed by atoms with E-state index in [-0.39, 0.29) is 24.0 Å². The predicted molar refractivity (Wildman–Crippen MR) is 65.9 cm³/mol. The van der Waals surface area contributed by atoms with Crippen molar-refractivity contribution in [3.63, 3.8) is 0 Å². The van der Waals surface area contributed by atoms with E-state index in [0.717, 1.165) is 0 Å². The number of fused-ring (bicyclic) bond motifs is 1. The van der Waals surface area contributed by atoms with Crippen molar-refractivity contribution in [2.75, 3.05) is 25.5 Å². The van der Waals surface area contributed by atoms with Crippen LogP contribution >= 0.6 is 0 Å². The first-order chi connectivity index (χ1) is 8.03. The molecule has 2 N–H and O–H groups in total. The predicted octanol–water partition coefficient (Wildman–Crippen LogP) is 0.922. The van der Waals surface area contributed by atoms with Gasteiger partial charge in [0, 0.05) is 12.7 Å². The highest BCUT2D eigenvalue weighted by Gasteiger charge is 2.38. The summed E-state index contributed by atoms with van der Waals surface area (Å²) in [6, 6.07) is 1.55. The van der Waals surface area contributed by atoms with Crippen molar-refractivity contribution < 1.29 is 4.79 Å². The van der Waals surface area contributed by atoms with Crippen molar-refractivity contribution >= 4 is 17.4 Å². The zero-order chi connectivity index (χ0) is 12.6. The van der Waals surface area contributed by atoms with Gasteiger partial charge in [0.1, 0.15) is 5.56 Å². The number of pyridine rings is 1. The van der Waals surface area contributed by atoms with Gasteiger partial charge in [-0.15, -0.1) is 0 Å². The van der Waals surface area contributed by atoms with E-state index in [4.69, 9.17) is 5.73 Å². The second kappa shape index (κ2) is 3.97. The molecule has 0 radical (unpaired) electrons. The largest absolute Gasteiger partial charge is 0.625 e. The highest BCUT2D eigenvalue weighted by atomic mass is 16.6. The Labute approximate surface area is 99.8 Å². The Morgan fingerprint density at radius 1 is 1.59 bits per heavy atom. The van der Waals surface area contributed by atoms with Crippen LogP contribution in [0.15, 0.2) is 12.3 Å². The number of nitrogen functional groups attached to an aromatic ring is 1. The fourth-order valence-electron chi connectivity index (χ4n) is 2.05. The van der Waals surface area contributed by atoms with Crippen molar-refractivity contribution in [3.8, 4) is 0 Å². The van der Waals surface area contributed by atoms with Gasteiger partial charge in [0.25, 0.3) is 5.91 Å². The van der Waals surface area contributed by atoms with Crippen LogP contribution in [-0.4, -0.2) is 35.5 Å². The number of nitrogens with two attached hydrogens (primary N) is 1. The Hall–Kier alpha value is -1.66. The summed E-state index contributed by atoms with van der Waals surface area (Å²) in [6.07, 6.45) is 1.48. The van der Waals surface area contributed by atoms with Crippen molar-refractivity contribution in [1.29, 1.82) is 0 Å². The van der Waals surface area contributed by atoms with E-state index in [9.17, 15) is 10.0 Å². The lowest BCUT2D eigenvalue weighted by Crippen LogP contribution is -2.57. The molecule has 0 fully saturated rings. The first-order valence-corrected chi connectivity index (χ1v) is 5.66. The van der Waals surface area contributed by atoms with E-state index >= 15 is 0 Å². The average molecular weight is 236 g/mol. The SMILES string of the molecule is CCN1C[N+]([O-])(CC)c2nccc(N)c2C1=O. The fraction of sp³-hybridized carbons (Fsp3) is 0.455. The Morgan fingerprint density at radius 2 is 2.29 bits per heavy atom. The van der Waals surface area contributed by atoms with Gasteiger partial charge in [-0.2, -0.15) is 0 Å². The Balaban J connectivity index is 2.64. The summed E-state index contributed by atoms with van der Waals surface area (Å²) in [5, 5.41) is 12.6. The van der Waals surface area contributed by atoms with Crippen LogP contribution in [0.3, 0.4) is 0 Å². The summed E-state index contributed by atoms with van der Waals surface area (Å²) < 4.78 is -0.625. The van der Waals surface area contributed by atoms with Crippen LogP contribution in [-0.2, 0) is 0 Å². The van der Waals surface area contributed by atoms with Crippen LogP contribution in [0.25, 0.3) is 0 Å². The molecule has 0 saturated heterocycles. The molecular formula is C11H16N4O2. The molecule has 1 amide bonds. The smallest absolute Gasteiger partial charge is 0.268 e. The molecule has 0 aliphatic carbocycles. The Morgan fingerprint density at radius 3 is 2.88 bits per heavy atom. The summed E-state index contributed by atoms with van der Waals surface area (Å²) in [6.45, 7) is 4.55. The Bertz CT molecular complexity index is 463. The van der Waals surface area contributed by atoms with Gasteiger partial charge in [0.2, 0.25) is 5.82 Å². The molecule has 1 aliphatic rings. The number of anilines is 1. The quantitative estimate of drug-likeness (QED) is 0.611. The molecule has 17 heavy (non-hydrogen) atoms. The second-order valence-electron chi connectivity index (χ2n) is 4.11. The molecule has 1 atom stereocenters. The first-order valence-electron chi connectivity index (χ1n) is 5.66. The summed E-state index contributed by atoms with van der Waals surface area (Å²) in [7, 11) is 0. The second-order valence-corrected chi connectivity index (χ2v) is 4.11. The van der Waals surface area contributed by atoms with Crippen LogP contribution in [0.5, 0.6) is 0 Å².